The van der Waals surface area contributed by atoms with E-state index in [0.717, 1.165) is 31.2 Å². The molecule has 0 unspecified atom stereocenters. The van der Waals surface area contributed by atoms with Crippen LogP contribution in [0, 0.1) is 10.1 Å². The second-order valence-electron chi connectivity index (χ2n) is 11.2. The van der Waals surface area contributed by atoms with Crippen molar-refractivity contribution in [3.8, 4) is 0 Å². The van der Waals surface area contributed by atoms with Crippen molar-refractivity contribution >= 4 is 37.4 Å². The summed E-state index contributed by atoms with van der Waals surface area (Å²) in [5.41, 5.74) is 1.00. The fourth-order valence-electron chi connectivity index (χ4n) is 4.30. The van der Waals surface area contributed by atoms with E-state index in [-0.39, 0.29) is 27.5 Å². The van der Waals surface area contributed by atoms with E-state index in [1.54, 1.807) is 0 Å². The van der Waals surface area contributed by atoms with E-state index >= 15 is 0 Å². The highest BCUT2D eigenvalue weighted by molar-refractivity contribution is 7.98. The second kappa shape index (κ2) is 13.7. The molecule has 0 spiro atoms. The quantitative estimate of drug-likeness (QED) is 0.0690. The van der Waals surface area contributed by atoms with Gasteiger partial charge in [0, 0.05) is 19.1 Å². The van der Waals surface area contributed by atoms with E-state index in [0.29, 0.717) is 43.9 Å². The topological polar surface area (TPSA) is 103 Å². The van der Waals surface area contributed by atoms with Gasteiger partial charge in [-0.3, -0.25) is 10.1 Å². The lowest BCUT2D eigenvalue weighted by Gasteiger charge is -2.37. The van der Waals surface area contributed by atoms with Crippen molar-refractivity contribution in [1.82, 2.24) is 9.97 Å². The SMILES string of the molecule is CSc1nc(NCCOCc2ccccc2)c([N+](=O)[O-])c(N(CCO[Si](C)(C)C(C)(C)C)C2CCCC2)n1. The fourth-order valence-corrected chi connectivity index (χ4v) is 5.70. The minimum Gasteiger partial charge on any atom is -0.415 e. The van der Waals surface area contributed by atoms with Gasteiger partial charge in [-0.1, -0.05) is 75.7 Å². The predicted molar refractivity (Wildman–Crippen MR) is 158 cm³/mol. The van der Waals surface area contributed by atoms with Crippen LogP contribution < -0.4 is 10.2 Å². The van der Waals surface area contributed by atoms with E-state index in [2.05, 4.69) is 54.0 Å². The summed E-state index contributed by atoms with van der Waals surface area (Å²) in [7, 11) is -1.95. The average molecular weight is 562 g/mol. The van der Waals surface area contributed by atoms with E-state index in [1.807, 2.05) is 36.6 Å². The zero-order chi connectivity index (χ0) is 27.8. The molecule has 9 nitrogen and oxygen atoms in total. The molecular weight excluding hydrogens is 518 g/mol. The van der Waals surface area contributed by atoms with Crippen molar-refractivity contribution in [2.24, 2.45) is 0 Å². The molecule has 1 aliphatic rings. The van der Waals surface area contributed by atoms with Gasteiger partial charge in [0.25, 0.3) is 0 Å². The van der Waals surface area contributed by atoms with Crippen molar-refractivity contribution in [3.63, 3.8) is 0 Å². The van der Waals surface area contributed by atoms with Crippen LogP contribution in [0.1, 0.15) is 52.0 Å². The van der Waals surface area contributed by atoms with Crippen LogP contribution in [0.25, 0.3) is 0 Å². The summed E-state index contributed by atoms with van der Waals surface area (Å²) < 4.78 is 12.2. The summed E-state index contributed by atoms with van der Waals surface area (Å²) in [6, 6.07) is 10.1. The Balaban J connectivity index is 1.80. The van der Waals surface area contributed by atoms with Crippen LogP contribution in [0.2, 0.25) is 18.1 Å². The monoisotopic (exact) mass is 561 g/mol. The number of benzene rings is 1. The van der Waals surface area contributed by atoms with Crippen LogP contribution in [-0.4, -0.2) is 61.8 Å². The van der Waals surface area contributed by atoms with Crippen molar-refractivity contribution in [3.05, 3.63) is 46.0 Å². The first-order chi connectivity index (χ1) is 18.0. The number of anilines is 2. The molecule has 38 heavy (non-hydrogen) atoms. The lowest BCUT2D eigenvalue weighted by Crippen LogP contribution is -2.44. The normalized spacial score (nSPS) is 14.6. The maximum absolute atomic E-state index is 12.4. The third-order valence-corrected chi connectivity index (χ3v) is 12.6. The molecule has 210 valence electrons. The highest BCUT2D eigenvalue weighted by atomic mass is 32.2. The summed E-state index contributed by atoms with van der Waals surface area (Å²) in [6.45, 7) is 13.5. The van der Waals surface area contributed by atoms with Crippen LogP contribution in [0.3, 0.4) is 0 Å². The highest BCUT2D eigenvalue weighted by Gasteiger charge is 2.38. The highest BCUT2D eigenvalue weighted by Crippen LogP contribution is 2.39. The number of hydrogen-bond donors (Lipinski definition) is 1. The molecule has 0 amide bonds. The number of nitrogens with one attached hydrogen (secondary N) is 1. The Morgan fingerprint density at radius 3 is 2.45 bits per heavy atom. The first-order valence-electron chi connectivity index (χ1n) is 13.4. The van der Waals surface area contributed by atoms with E-state index < -0.39 is 8.32 Å². The summed E-state index contributed by atoms with van der Waals surface area (Å²) >= 11 is 1.38. The van der Waals surface area contributed by atoms with Crippen molar-refractivity contribution in [1.29, 1.82) is 0 Å². The maximum Gasteiger partial charge on any atom is 0.353 e. The average Bonchev–Trinajstić information content (AvgIpc) is 3.40. The number of thioether (sulfide) groups is 1. The number of nitro groups is 1. The molecule has 11 heteroatoms. The first kappa shape index (κ1) is 30.3. The van der Waals surface area contributed by atoms with Crippen molar-refractivity contribution in [2.75, 3.05) is 42.8 Å². The molecule has 1 aromatic heterocycles. The van der Waals surface area contributed by atoms with Gasteiger partial charge in [-0.15, -0.1) is 0 Å². The number of nitrogens with zero attached hydrogens (tertiary/aromatic N) is 4. The standard InChI is InChI=1S/C27H43N5O4SSi/c1-27(2,3)38(5,6)36-19-17-31(22-14-10-11-15-22)25-23(32(33)34)24(29-26(30-25)37-4)28-16-18-35-20-21-12-8-7-9-13-21/h7-9,12-13,22H,10-11,14-20H2,1-6H3,(H,28,29,30). The van der Waals surface area contributed by atoms with Crippen LogP contribution >= 0.6 is 11.8 Å². The lowest BCUT2D eigenvalue weighted by atomic mass is 10.2. The van der Waals surface area contributed by atoms with Gasteiger partial charge >= 0.3 is 5.69 Å². The number of rotatable bonds is 14. The number of ether oxygens (including phenoxy) is 1. The molecular formula is C27H43N5O4SSi. The molecule has 1 fully saturated rings. The van der Waals surface area contributed by atoms with Gasteiger partial charge in [-0.2, -0.15) is 9.97 Å². The molecule has 0 bridgehead atoms. The van der Waals surface area contributed by atoms with Crippen LogP contribution in [0.15, 0.2) is 35.5 Å². The van der Waals surface area contributed by atoms with Gasteiger partial charge in [-0.05, 0) is 42.8 Å². The van der Waals surface area contributed by atoms with Gasteiger partial charge < -0.3 is 19.4 Å². The predicted octanol–water partition coefficient (Wildman–Crippen LogP) is 6.51. The molecule has 2 aromatic rings. The Morgan fingerprint density at radius 1 is 1.16 bits per heavy atom. The zero-order valence-electron chi connectivity index (χ0n) is 23.7. The molecule has 0 aliphatic heterocycles. The first-order valence-corrected chi connectivity index (χ1v) is 17.5. The summed E-state index contributed by atoms with van der Waals surface area (Å²) in [6.07, 6.45) is 6.10. The van der Waals surface area contributed by atoms with E-state index in [4.69, 9.17) is 9.16 Å². The van der Waals surface area contributed by atoms with Gasteiger partial charge in [0.15, 0.2) is 13.5 Å². The molecule has 3 rings (SSSR count). The fraction of sp³-hybridized carbons (Fsp3) is 0.630. The van der Waals surface area contributed by atoms with Crippen LogP contribution in [0.5, 0.6) is 0 Å². The molecule has 0 saturated heterocycles. The van der Waals surface area contributed by atoms with Crippen molar-refractivity contribution in [2.45, 2.75) is 82.4 Å². The largest absolute Gasteiger partial charge is 0.415 e. The summed E-state index contributed by atoms with van der Waals surface area (Å²) in [5.74, 6) is 0.619. The Morgan fingerprint density at radius 2 is 1.84 bits per heavy atom. The Bertz CT molecular complexity index is 1050. The Hall–Kier alpha value is -2.21. The molecule has 1 N–H and O–H groups in total. The maximum atomic E-state index is 12.4. The summed E-state index contributed by atoms with van der Waals surface area (Å²) in [5, 5.41) is 16.2. The van der Waals surface area contributed by atoms with Gasteiger partial charge in [0.1, 0.15) is 0 Å². The van der Waals surface area contributed by atoms with E-state index in [9.17, 15) is 10.1 Å². The zero-order valence-corrected chi connectivity index (χ0v) is 25.5. The molecule has 1 heterocycles. The molecule has 1 aromatic carbocycles. The summed E-state index contributed by atoms with van der Waals surface area (Å²) in [4.78, 5) is 23.3. The molecule has 0 atom stereocenters. The van der Waals surface area contributed by atoms with Crippen LogP contribution in [0.4, 0.5) is 17.3 Å². The van der Waals surface area contributed by atoms with Gasteiger partial charge in [0.2, 0.25) is 11.6 Å². The third kappa shape index (κ3) is 8.14. The third-order valence-electron chi connectivity index (χ3n) is 7.50. The van der Waals surface area contributed by atoms with Gasteiger partial charge in [0.05, 0.1) is 24.7 Å². The molecule has 1 saturated carbocycles. The lowest BCUT2D eigenvalue weighted by molar-refractivity contribution is -0.383. The van der Waals surface area contributed by atoms with Crippen molar-refractivity contribution < 1.29 is 14.1 Å². The minimum atomic E-state index is -1.95. The van der Waals surface area contributed by atoms with Gasteiger partial charge in [-0.25, -0.2) is 0 Å². The Kier molecular flexibility index (Phi) is 11.0. The molecule has 0 radical (unpaired) electrons. The second-order valence-corrected chi connectivity index (χ2v) is 16.8. The smallest absolute Gasteiger partial charge is 0.353 e. The van der Waals surface area contributed by atoms with Crippen LogP contribution in [-0.2, 0) is 15.8 Å². The molecule has 1 aliphatic carbocycles. The minimum absolute atomic E-state index is 0.0786. The number of hydrogen-bond acceptors (Lipinski definition) is 9. The number of aromatic nitrogens is 2. The van der Waals surface area contributed by atoms with E-state index in [1.165, 1.54) is 11.8 Å². The Labute approximate surface area is 232 Å².